The van der Waals surface area contributed by atoms with E-state index in [1.807, 2.05) is 12.1 Å². The Morgan fingerprint density at radius 3 is 3.04 bits per heavy atom. The van der Waals surface area contributed by atoms with Gasteiger partial charge in [-0.05, 0) is 37.4 Å². The van der Waals surface area contributed by atoms with E-state index in [2.05, 4.69) is 11.5 Å². The number of carbonyl (C=O) groups is 1. The van der Waals surface area contributed by atoms with Crippen LogP contribution in [-0.2, 0) is 16.6 Å². The molecule has 2 fully saturated rings. The summed E-state index contributed by atoms with van der Waals surface area (Å²) in [6.45, 7) is 6.20. The van der Waals surface area contributed by atoms with Crippen LogP contribution in [0, 0.1) is 5.92 Å². The molecule has 0 aromatic heterocycles. The maximum absolute atomic E-state index is 12.7. The molecule has 132 valence electrons. The number of phenolic OH excluding ortho intramolecular Hbond substituents is 1. The van der Waals surface area contributed by atoms with Crippen LogP contribution in [0.1, 0.15) is 30.4 Å². The smallest absolute Gasteiger partial charge is 0.174 e. The number of ketones is 1. The van der Waals surface area contributed by atoms with Crippen LogP contribution in [0.4, 0.5) is 0 Å². The number of aliphatic hydroxyl groups is 1. The van der Waals surface area contributed by atoms with Crippen molar-refractivity contribution in [1.29, 1.82) is 0 Å². The molecule has 5 heteroatoms. The number of nitrogens with zero attached hydrogens (tertiary/aromatic N) is 1. The van der Waals surface area contributed by atoms with Gasteiger partial charge in [0.15, 0.2) is 23.4 Å². The van der Waals surface area contributed by atoms with Gasteiger partial charge in [-0.1, -0.05) is 12.1 Å². The predicted molar refractivity (Wildman–Crippen MR) is 91.8 cm³/mol. The van der Waals surface area contributed by atoms with Crippen molar-refractivity contribution in [3.63, 3.8) is 0 Å². The molecular weight excluding hydrogens is 318 g/mol. The van der Waals surface area contributed by atoms with E-state index in [4.69, 9.17) is 4.74 Å². The third kappa shape index (κ3) is 1.68. The van der Waals surface area contributed by atoms with Gasteiger partial charge in [-0.15, -0.1) is 6.58 Å². The monoisotopic (exact) mass is 341 g/mol. The third-order valence-electron chi connectivity index (χ3n) is 7.00. The molecule has 4 unspecified atom stereocenters. The average molecular weight is 341 g/mol. The lowest BCUT2D eigenvalue weighted by atomic mass is 9.49. The summed E-state index contributed by atoms with van der Waals surface area (Å²) < 4.78 is 6.04. The number of ether oxygens (including phenoxy) is 1. The van der Waals surface area contributed by atoms with Gasteiger partial charge >= 0.3 is 0 Å². The molecule has 2 N–H and O–H groups in total. The van der Waals surface area contributed by atoms with Gasteiger partial charge in [0, 0.05) is 31.0 Å². The Morgan fingerprint density at radius 2 is 2.24 bits per heavy atom. The van der Waals surface area contributed by atoms with Gasteiger partial charge in [-0.2, -0.15) is 0 Å². The summed E-state index contributed by atoms with van der Waals surface area (Å²) >= 11 is 0. The molecule has 0 radical (unpaired) electrons. The Labute approximate surface area is 146 Å². The van der Waals surface area contributed by atoms with Crippen molar-refractivity contribution in [2.45, 2.75) is 42.8 Å². The van der Waals surface area contributed by atoms with Crippen molar-refractivity contribution in [3.05, 3.63) is 35.9 Å². The van der Waals surface area contributed by atoms with E-state index in [-0.39, 0.29) is 17.5 Å². The minimum absolute atomic E-state index is 0.0454. The molecule has 0 amide bonds. The van der Waals surface area contributed by atoms with Crippen LogP contribution >= 0.6 is 0 Å². The normalized spacial score (nSPS) is 38.7. The number of hydrogen-bond donors (Lipinski definition) is 2. The summed E-state index contributed by atoms with van der Waals surface area (Å²) in [6.07, 6.45) is 3.44. The van der Waals surface area contributed by atoms with E-state index in [9.17, 15) is 15.0 Å². The zero-order chi connectivity index (χ0) is 17.4. The van der Waals surface area contributed by atoms with E-state index in [1.165, 1.54) is 0 Å². The Morgan fingerprint density at radius 1 is 1.40 bits per heavy atom. The summed E-state index contributed by atoms with van der Waals surface area (Å²) in [4.78, 5) is 15.1. The second kappa shape index (κ2) is 4.86. The molecule has 1 aromatic carbocycles. The van der Waals surface area contributed by atoms with Gasteiger partial charge in [0.05, 0.1) is 11.0 Å². The van der Waals surface area contributed by atoms with Crippen LogP contribution in [0.3, 0.4) is 0 Å². The summed E-state index contributed by atoms with van der Waals surface area (Å²) in [5, 5.41) is 22.3. The number of carbonyl (C=O) groups excluding carboxylic acids is 1. The molecule has 1 saturated carbocycles. The molecule has 2 aliphatic carbocycles. The second-order valence-electron chi connectivity index (χ2n) is 8.01. The van der Waals surface area contributed by atoms with Crippen LogP contribution in [0.15, 0.2) is 24.8 Å². The lowest BCUT2D eigenvalue weighted by Gasteiger charge is -2.55. The molecule has 2 heterocycles. The molecule has 5 nitrogen and oxygen atoms in total. The number of rotatable bonds is 2. The summed E-state index contributed by atoms with van der Waals surface area (Å²) in [5.74, 6) is 0.594. The number of phenols is 1. The number of likely N-dealkylation sites (tertiary alicyclic amines) is 1. The SMILES string of the molecule is C=CCN1CCC23c4c5ccc(O)c4OC2C(=O)CCC3(O)C(C5)C1. The Bertz CT molecular complexity index is 790. The first-order valence-corrected chi connectivity index (χ1v) is 9.11. The van der Waals surface area contributed by atoms with Crippen molar-refractivity contribution in [2.24, 2.45) is 5.92 Å². The topological polar surface area (TPSA) is 70.0 Å². The Hall–Kier alpha value is -1.85. The molecule has 1 saturated heterocycles. The van der Waals surface area contributed by atoms with Gasteiger partial charge in [0.25, 0.3) is 0 Å². The van der Waals surface area contributed by atoms with Crippen molar-refractivity contribution < 1.29 is 19.7 Å². The number of hydrogen-bond acceptors (Lipinski definition) is 5. The molecule has 1 aromatic rings. The molecule has 1 spiro atoms. The lowest BCUT2D eigenvalue weighted by molar-refractivity contribution is -0.163. The van der Waals surface area contributed by atoms with Crippen LogP contribution in [-0.4, -0.2) is 52.2 Å². The first-order chi connectivity index (χ1) is 12.0. The van der Waals surface area contributed by atoms with Crippen molar-refractivity contribution in [3.8, 4) is 11.5 Å². The maximum atomic E-state index is 12.7. The number of aromatic hydroxyl groups is 1. The van der Waals surface area contributed by atoms with Crippen molar-refractivity contribution >= 4 is 5.78 Å². The number of Topliss-reactive ketones (excluding diaryl/α,β-unsaturated/α-hetero) is 1. The maximum Gasteiger partial charge on any atom is 0.174 e. The van der Waals surface area contributed by atoms with E-state index in [1.54, 1.807) is 6.07 Å². The Balaban J connectivity index is 1.77. The fraction of sp³-hybridized carbons (Fsp3) is 0.550. The summed E-state index contributed by atoms with van der Waals surface area (Å²) in [7, 11) is 0. The largest absolute Gasteiger partial charge is 0.504 e. The van der Waals surface area contributed by atoms with Gasteiger partial charge in [0.1, 0.15) is 0 Å². The molecule has 5 rings (SSSR count). The summed E-state index contributed by atoms with van der Waals surface area (Å²) in [6, 6.07) is 3.60. The third-order valence-corrected chi connectivity index (χ3v) is 7.00. The van der Waals surface area contributed by atoms with Gasteiger partial charge in [-0.3, -0.25) is 9.69 Å². The second-order valence-corrected chi connectivity index (χ2v) is 8.01. The highest BCUT2D eigenvalue weighted by Gasteiger charge is 2.71. The minimum atomic E-state index is -0.965. The van der Waals surface area contributed by atoms with Crippen LogP contribution < -0.4 is 4.74 Å². The fourth-order valence-electron chi connectivity index (χ4n) is 5.97. The minimum Gasteiger partial charge on any atom is -0.504 e. The van der Waals surface area contributed by atoms with E-state index in [0.29, 0.717) is 25.0 Å². The molecule has 25 heavy (non-hydrogen) atoms. The molecule has 4 aliphatic rings. The number of benzene rings is 1. The highest BCUT2D eigenvalue weighted by atomic mass is 16.5. The van der Waals surface area contributed by atoms with E-state index < -0.39 is 17.1 Å². The zero-order valence-electron chi connectivity index (χ0n) is 14.2. The fourth-order valence-corrected chi connectivity index (χ4v) is 5.97. The highest BCUT2D eigenvalue weighted by Crippen LogP contribution is 2.64. The average Bonchev–Trinajstić information content (AvgIpc) is 2.93. The quantitative estimate of drug-likeness (QED) is 0.799. The van der Waals surface area contributed by atoms with Crippen molar-refractivity contribution in [2.75, 3.05) is 19.6 Å². The van der Waals surface area contributed by atoms with E-state index in [0.717, 1.165) is 37.2 Å². The van der Waals surface area contributed by atoms with Crippen molar-refractivity contribution in [1.82, 2.24) is 4.90 Å². The van der Waals surface area contributed by atoms with Gasteiger partial charge in [-0.25, -0.2) is 0 Å². The Kier molecular flexibility index (Phi) is 3.00. The van der Waals surface area contributed by atoms with Crippen LogP contribution in [0.25, 0.3) is 0 Å². The lowest BCUT2D eigenvalue weighted by Crippen LogP contribution is -2.68. The highest BCUT2D eigenvalue weighted by molar-refractivity contribution is 5.89. The zero-order valence-corrected chi connectivity index (χ0v) is 14.2. The first kappa shape index (κ1) is 15.4. The van der Waals surface area contributed by atoms with Gasteiger partial charge in [0.2, 0.25) is 0 Å². The molecular formula is C20H23NO4. The predicted octanol–water partition coefficient (Wildman–Crippen LogP) is 1.55. The first-order valence-electron chi connectivity index (χ1n) is 9.11. The van der Waals surface area contributed by atoms with E-state index >= 15 is 0 Å². The molecule has 2 aliphatic heterocycles. The standard InChI is InChI=1S/C20H23NO4/c1-2-8-21-9-7-19-16-12-3-4-14(22)17(16)25-18(19)15(23)5-6-20(19,24)13(10-12)11-21/h2-4,13,18,22,24H,1,5-11H2. The van der Waals surface area contributed by atoms with Crippen LogP contribution in [0.5, 0.6) is 11.5 Å². The summed E-state index contributed by atoms with van der Waals surface area (Å²) in [5.41, 5.74) is 0.308. The van der Waals surface area contributed by atoms with Crippen LogP contribution in [0.2, 0.25) is 0 Å². The van der Waals surface area contributed by atoms with Gasteiger partial charge < -0.3 is 14.9 Å². The molecule has 2 bridgehead atoms. The molecule has 4 atom stereocenters.